The Labute approximate surface area is 158 Å². The lowest BCUT2D eigenvalue weighted by molar-refractivity contribution is 0.0937. The first-order chi connectivity index (χ1) is 13.0. The molecule has 0 aliphatic carbocycles. The molecular formula is C20H26FN3O3. The highest BCUT2D eigenvalue weighted by Crippen LogP contribution is 2.21. The number of likely N-dealkylation sites (tertiary alicyclic amines) is 1. The largest absolute Gasteiger partial charge is 0.393 e. The van der Waals surface area contributed by atoms with Gasteiger partial charge in [-0.25, -0.2) is 9.18 Å². The van der Waals surface area contributed by atoms with Crippen molar-refractivity contribution in [2.75, 3.05) is 33.4 Å². The number of benzene rings is 1. The van der Waals surface area contributed by atoms with E-state index in [1.165, 1.54) is 6.07 Å². The predicted octanol–water partition coefficient (Wildman–Crippen LogP) is 2.39. The lowest BCUT2D eigenvalue weighted by Crippen LogP contribution is -2.46. The summed E-state index contributed by atoms with van der Waals surface area (Å²) in [4.78, 5) is 18.7. The van der Waals surface area contributed by atoms with Crippen LogP contribution < -0.4 is 5.32 Å². The summed E-state index contributed by atoms with van der Waals surface area (Å²) >= 11 is 0. The molecule has 1 aromatic rings. The number of hydrogen-bond acceptors (Lipinski definition) is 4. The van der Waals surface area contributed by atoms with Gasteiger partial charge < -0.3 is 20.1 Å². The van der Waals surface area contributed by atoms with Gasteiger partial charge in [-0.05, 0) is 31.4 Å². The first-order valence-corrected chi connectivity index (χ1v) is 9.27. The van der Waals surface area contributed by atoms with Crippen LogP contribution >= 0.6 is 0 Å². The second-order valence-corrected chi connectivity index (χ2v) is 6.94. The molecule has 27 heavy (non-hydrogen) atoms. The molecule has 0 saturated carbocycles. The molecule has 0 radical (unpaired) electrons. The van der Waals surface area contributed by atoms with Crippen molar-refractivity contribution in [2.45, 2.75) is 32.3 Å². The van der Waals surface area contributed by atoms with Crippen molar-refractivity contribution in [3.05, 3.63) is 46.4 Å². The number of rotatable bonds is 3. The van der Waals surface area contributed by atoms with Crippen molar-refractivity contribution in [1.29, 1.82) is 0 Å². The standard InChI is InChI=1S/C20H26FN3O3/c1-13-3-4-14(11-17(13)21)19(22-2)16-12-27-10-7-18(16)23-20(26)24-8-5-15(25)6-9-24/h3-4,11,15,25H,5-10,12H2,1-2H3,(H,23,26). The summed E-state index contributed by atoms with van der Waals surface area (Å²) in [5.74, 6) is -0.288. The number of piperidine rings is 1. The Morgan fingerprint density at radius 3 is 2.78 bits per heavy atom. The van der Waals surface area contributed by atoms with Crippen LogP contribution in [0.1, 0.15) is 30.4 Å². The average molecular weight is 375 g/mol. The van der Waals surface area contributed by atoms with Crippen LogP contribution in [0.3, 0.4) is 0 Å². The molecule has 2 aliphatic rings. The van der Waals surface area contributed by atoms with Crippen molar-refractivity contribution in [1.82, 2.24) is 10.2 Å². The lowest BCUT2D eigenvalue weighted by atomic mass is 9.97. The molecule has 0 aromatic heterocycles. The SMILES string of the molecule is CN=C(C1=C(NC(=O)N2CCC(O)CC2)CCOC1)c1ccc(C)c(F)c1. The van der Waals surface area contributed by atoms with E-state index in [4.69, 9.17) is 4.74 Å². The van der Waals surface area contributed by atoms with Gasteiger partial charge in [0.25, 0.3) is 0 Å². The van der Waals surface area contributed by atoms with E-state index in [1.54, 1.807) is 24.9 Å². The second kappa shape index (κ2) is 8.63. The van der Waals surface area contributed by atoms with Crippen molar-refractivity contribution in [2.24, 2.45) is 4.99 Å². The van der Waals surface area contributed by atoms with Gasteiger partial charge in [0.1, 0.15) is 5.82 Å². The fraction of sp³-hybridized carbons (Fsp3) is 0.500. The smallest absolute Gasteiger partial charge is 0.321 e. The van der Waals surface area contributed by atoms with E-state index >= 15 is 0 Å². The monoisotopic (exact) mass is 375 g/mol. The highest BCUT2D eigenvalue weighted by molar-refractivity contribution is 6.13. The van der Waals surface area contributed by atoms with E-state index < -0.39 is 0 Å². The quantitative estimate of drug-likeness (QED) is 0.797. The molecule has 2 heterocycles. The van der Waals surface area contributed by atoms with Crippen LogP contribution in [0.5, 0.6) is 0 Å². The van der Waals surface area contributed by atoms with Gasteiger partial charge in [0.2, 0.25) is 0 Å². The topological polar surface area (TPSA) is 74.2 Å². The Hall–Kier alpha value is -2.25. The highest BCUT2D eigenvalue weighted by atomic mass is 19.1. The Morgan fingerprint density at radius 2 is 2.11 bits per heavy atom. The third-order valence-corrected chi connectivity index (χ3v) is 5.07. The zero-order chi connectivity index (χ0) is 19.4. The van der Waals surface area contributed by atoms with Gasteiger partial charge in [-0.3, -0.25) is 4.99 Å². The maximum absolute atomic E-state index is 14.0. The minimum atomic E-state index is -0.331. The zero-order valence-electron chi connectivity index (χ0n) is 15.8. The van der Waals surface area contributed by atoms with Gasteiger partial charge >= 0.3 is 6.03 Å². The number of nitrogens with zero attached hydrogens (tertiary/aromatic N) is 2. The summed E-state index contributed by atoms with van der Waals surface area (Å²) < 4.78 is 19.6. The Morgan fingerprint density at radius 1 is 1.37 bits per heavy atom. The lowest BCUT2D eigenvalue weighted by Gasteiger charge is -2.31. The molecule has 2 N–H and O–H groups in total. The second-order valence-electron chi connectivity index (χ2n) is 6.94. The number of aliphatic imine (C=N–C) groups is 1. The molecule has 7 heteroatoms. The summed E-state index contributed by atoms with van der Waals surface area (Å²) in [6.45, 7) is 3.60. The maximum atomic E-state index is 14.0. The summed E-state index contributed by atoms with van der Waals surface area (Å²) in [5.41, 5.74) is 3.40. The number of aryl methyl sites for hydroxylation is 1. The van der Waals surface area contributed by atoms with Crippen LogP contribution in [0, 0.1) is 12.7 Å². The average Bonchev–Trinajstić information content (AvgIpc) is 2.67. The summed E-state index contributed by atoms with van der Waals surface area (Å²) in [5, 5.41) is 12.6. The van der Waals surface area contributed by atoms with Gasteiger partial charge in [0.05, 0.1) is 25.0 Å². The van der Waals surface area contributed by atoms with Gasteiger partial charge in [0.15, 0.2) is 0 Å². The number of aliphatic hydroxyl groups is 1. The third kappa shape index (κ3) is 4.54. The van der Waals surface area contributed by atoms with Gasteiger partial charge in [-0.2, -0.15) is 0 Å². The van der Waals surface area contributed by atoms with Crippen molar-refractivity contribution >= 4 is 11.7 Å². The first-order valence-electron chi connectivity index (χ1n) is 9.27. The van der Waals surface area contributed by atoms with E-state index in [2.05, 4.69) is 10.3 Å². The number of nitrogens with one attached hydrogen (secondary N) is 1. The van der Waals surface area contributed by atoms with E-state index in [0.29, 0.717) is 62.4 Å². The van der Waals surface area contributed by atoms with E-state index in [0.717, 1.165) is 11.3 Å². The molecule has 0 unspecified atom stereocenters. The number of urea groups is 1. The molecule has 146 valence electrons. The van der Waals surface area contributed by atoms with Crippen LogP contribution in [0.4, 0.5) is 9.18 Å². The van der Waals surface area contributed by atoms with Gasteiger partial charge in [-0.15, -0.1) is 0 Å². The number of ether oxygens (including phenoxy) is 1. The van der Waals surface area contributed by atoms with Crippen LogP contribution in [0.2, 0.25) is 0 Å². The number of carbonyl (C=O) groups is 1. The molecule has 2 aliphatic heterocycles. The van der Waals surface area contributed by atoms with E-state index in [-0.39, 0.29) is 18.0 Å². The highest BCUT2D eigenvalue weighted by Gasteiger charge is 2.25. The zero-order valence-corrected chi connectivity index (χ0v) is 15.8. The Bertz CT molecular complexity index is 768. The molecular weight excluding hydrogens is 349 g/mol. The van der Waals surface area contributed by atoms with Crippen molar-refractivity contribution < 1.29 is 19.0 Å². The molecule has 2 amide bonds. The molecule has 1 saturated heterocycles. The van der Waals surface area contributed by atoms with E-state index in [1.807, 2.05) is 6.07 Å². The van der Waals surface area contributed by atoms with Crippen LogP contribution in [0.25, 0.3) is 0 Å². The summed E-state index contributed by atoms with van der Waals surface area (Å²) in [7, 11) is 1.65. The molecule has 6 nitrogen and oxygen atoms in total. The molecule has 1 aromatic carbocycles. The minimum absolute atomic E-state index is 0.179. The van der Waals surface area contributed by atoms with Crippen LogP contribution in [-0.4, -0.2) is 61.2 Å². The molecule has 3 rings (SSSR count). The molecule has 1 fully saturated rings. The minimum Gasteiger partial charge on any atom is -0.393 e. The fourth-order valence-corrected chi connectivity index (χ4v) is 3.39. The van der Waals surface area contributed by atoms with E-state index in [9.17, 15) is 14.3 Å². The number of carbonyl (C=O) groups excluding carboxylic acids is 1. The maximum Gasteiger partial charge on any atom is 0.321 e. The summed E-state index contributed by atoms with van der Waals surface area (Å²) in [6, 6.07) is 4.83. The van der Waals surface area contributed by atoms with Crippen LogP contribution in [-0.2, 0) is 4.74 Å². The molecule has 0 bridgehead atoms. The molecule has 0 spiro atoms. The fourth-order valence-electron chi connectivity index (χ4n) is 3.39. The third-order valence-electron chi connectivity index (χ3n) is 5.07. The number of hydrogen-bond donors (Lipinski definition) is 2. The first kappa shape index (κ1) is 19.5. The van der Waals surface area contributed by atoms with Crippen molar-refractivity contribution in [3.8, 4) is 0 Å². The number of amides is 2. The van der Waals surface area contributed by atoms with Gasteiger partial charge in [-0.1, -0.05) is 12.1 Å². The number of aliphatic hydroxyl groups excluding tert-OH is 1. The van der Waals surface area contributed by atoms with Crippen LogP contribution in [0.15, 0.2) is 34.5 Å². The molecule has 0 atom stereocenters. The summed E-state index contributed by atoms with van der Waals surface area (Å²) in [6.07, 6.45) is 1.41. The Kier molecular flexibility index (Phi) is 6.23. The van der Waals surface area contributed by atoms with Crippen molar-refractivity contribution in [3.63, 3.8) is 0 Å². The predicted molar refractivity (Wildman–Crippen MR) is 101 cm³/mol. The van der Waals surface area contributed by atoms with Gasteiger partial charge in [0, 0.05) is 43.4 Å². The normalized spacial score (nSPS) is 19.4. The number of halogens is 1. The Balaban J connectivity index is 1.84.